The van der Waals surface area contributed by atoms with Crippen molar-refractivity contribution in [3.8, 4) is 0 Å². The number of nitrogens with zero attached hydrogens (tertiary/aromatic N) is 1. The minimum Gasteiger partial charge on any atom is -0.393 e. The Balaban J connectivity index is 2.82. The lowest BCUT2D eigenvalue weighted by atomic mass is 10.1. The Morgan fingerprint density at radius 1 is 1.53 bits per heavy atom. The van der Waals surface area contributed by atoms with Crippen LogP contribution in [0.2, 0.25) is 0 Å². The second kappa shape index (κ2) is 6.30. The van der Waals surface area contributed by atoms with E-state index in [2.05, 4.69) is 22.6 Å². The fraction of sp³-hybridized carbons (Fsp3) is 0.333. The monoisotopic (exact) mass is 362 g/mol. The molecule has 5 heteroatoms. The summed E-state index contributed by atoms with van der Waals surface area (Å²) in [5.74, 6) is 0.00866. The standard InChI is InChI=1S/C12H15IN2OS/c1-8-4-3-5-9(11(8)13)12(16)15(2)7-6-10(14)17/h3-5H,6-7H2,1-2H3,(H2,14,17). The highest BCUT2D eigenvalue weighted by molar-refractivity contribution is 14.1. The minimum atomic E-state index is 0.00866. The summed E-state index contributed by atoms with van der Waals surface area (Å²) >= 11 is 7.00. The third kappa shape index (κ3) is 3.92. The van der Waals surface area contributed by atoms with Gasteiger partial charge in [0.25, 0.3) is 5.91 Å². The van der Waals surface area contributed by atoms with Crippen LogP contribution in [0, 0.1) is 10.5 Å². The van der Waals surface area contributed by atoms with E-state index < -0.39 is 0 Å². The summed E-state index contributed by atoms with van der Waals surface area (Å²) < 4.78 is 0.997. The molecule has 0 aromatic heterocycles. The maximum atomic E-state index is 12.2. The third-order valence-corrected chi connectivity index (χ3v) is 4.10. The second-order valence-electron chi connectivity index (χ2n) is 3.88. The van der Waals surface area contributed by atoms with Crippen molar-refractivity contribution in [2.75, 3.05) is 13.6 Å². The Kier molecular flexibility index (Phi) is 5.32. The summed E-state index contributed by atoms with van der Waals surface area (Å²) in [7, 11) is 1.76. The number of hydrogen-bond donors (Lipinski definition) is 1. The van der Waals surface area contributed by atoms with E-state index in [9.17, 15) is 4.79 Å². The summed E-state index contributed by atoms with van der Waals surface area (Å²) in [6.45, 7) is 2.55. The van der Waals surface area contributed by atoms with Crippen LogP contribution in [0.25, 0.3) is 0 Å². The highest BCUT2D eigenvalue weighted by Crippen LogP contribution is 2.18. The van der Waals surface area contributed by atoms with Gasteiger partial charge in [0.05, 0.1) is 10.6 Å². The van der Waals surface area contributed by atoms with Crippen LogP contribution in [0.3, 0.4) is 0 Å². The molecule has 0 atom stereocenters. The lowest BCUT2D eigenvalue weighted by molar-refractivity contribution is 0.0798. The second-order valence-corrected chi connectivity index (χ2v) is 5.48. The molecule has 1 rings (SSSR count). The quantitative estimate of drug-likeness (QED) is 0.661. The SMILES string of the molecule is Cc1cccc(C(=O)N(C)CCC(N)=S)c1I. The molecule has 92 valence electrons. The average molecular weight is 362 g/mol. The zero-order valence-corrected chi connectivity index (χ0v) is 12.8. The topological polar surface area (TPSA) is 46.3 Å². The molecule has 0 aliphatic heterocycles. The maximum Gasteiger partial charge on any atom is 0.254 e. The van der Waals surface area contributed by atoms with Crippen molar-refractivity contribution in [3.63, 3.8) is 0 Å². The van der Waals surface area contributed by atoms with E-state index in [0.29, 0.717) is 18.0 Å². The van der Waals surface area contributed by atoms with Crippen molar-refractivity contribution >= 4 is 45.7 Å². The molecule has 0 spiro atoms. The molecule has 3 nitrogen and oxygen atoms in total. The van der Waals surface area contributed by atoms with Gasteiger partial charge in [-0.15, -0.1) is 0 Å². The molecule has 0 radical (unpaired) electrons. The van der Waals surface area contributed by atoms with E-state index >= 15 is 0 Å². The van der Waals surface area contributed by atoms with E-state index in [1.54, 1.807) is 11.9 Å². The smallest absolute Gasteiger partial charge is 0.254 e. The predicted octanol–water partition coefficient (Wildman–Crippen LogP) is 2.35. The lowest BCUT2D eigenvalue weighted by Crippen LogP contribution is -2.30. The van der Waals surface area contributed by atoms with Gasteiger partial charge in [0.1, 0.15) is 0 Å². The Hall–Kier alpha value is -0.690. The number of halogens is 1. The normalized spacial score (nSPS) is 10.1. The molecule has 0 bridgehead atoms. The van der Waals surface area contributed by atoms with Gasteiger partial charge in [-0.3, -0.25) is 4.79 Å². The first-order valence-electron chi connectivity index (χ1n) is 5.22. The zero-order valence-electron chi connectivity index (χ0n) is 9.87. The van der Waals surface area contributed by atoms with Crippen LogP contribution in [0.15, 0.2) is 18.2 Å². The van der Waals surface area contributed by atoms with Crippen LogP contribution >= 0.6 is 34.8 Å². The van der Waals surface area contributed by atoms with Gasteiger partial charge in [-0.25, -0.2) is 0 Å². The van der Waals surface area contributed by atoms with Gasteiger partial charge < -0.3 is 10.6 Å². The van der Waals surface area contributed by atoms with Crippen molar-refractivity contribution in [2.45, 2.75) is 13.3 Å². The van der Waals surface area contributed by atoms with Crippen LogP contribution in [0.5, 0.6) is 0 Å². The average Bonchev–Trinajstić information content (AvgIpc) is 2.28. The van der Waals surface area contributed by atoms with Crippen molar-refractivity contribution in [3.05, 3.63) is 32.9 Å². The van der Waals surface area contributed by atoms with E-state index in [1.165, 1.54) is 0 Å². The first kappa shape index (κ1) is 14.4. The van der Waals surface area contributed by atoms with E-state index in [4.69, 9.17) is 18.0 Å². The van der Waals surface area contributed by atoms with E-state index in [1.807, 2.05) is 25.1 Å². The molecule has 1 aromatic carbocycles. The number of carbonyl (C=O) groups excluding carboxylic acids is 1. The number of carbonyl (C=O) groups is 1. The number of thiocarbonyl (C=S) groups is 1. The molecule has 1 aromatic rings. The molecular weight excluding hydrogens is 347 g/mol. The Morgan fingerprint density at radius 2 is 2.18 bits per heavy atom. The Morgan fingerprint density at radius 3 is 2.76 bits per heavy atom. The van der Waals surface area contributed by atoms with Gasteiger partial charge in [0.15, 0.2) is 0 Å². The van der Waals surface area contributed by atoms with Gasteiger partial charge in [-0.1, -0.05) is 24.4 Å². The fourth-order valence-electron chi connectivity index (χ4n) is 1.40. The first-order valence-corrected chi connectivity index (χ1v) is 6.71. The Bertz CT molecular complexity index is 448. The molecule has 0 unspecified atom stereocenters. The van der Waals surface area contributed by atoms with Crippen molar-refractivity contribution in [2.24, 2.45) is 5.73 Å². The van der Waals surface area contributed by atoms with E-state index in [-0.39, 0.29) is 5.91 Å². The molecule has 1 amide bonds. The zero-order chi connectivity index (χ0) is 13.0. The van der Waals surface area contributed by atoms with E-state index in [0.717, 1.165) is 14.7 Å². The number of rotatable bonds is 4. The number of nitrogens with two attached hydrogens (primary N) is 1. The van der Waals surface area contributed by atoms with Crippen LogP contribution < -0.4 is 5.73 Å². The first-order chi connectivity index (χ1) is 7.93. The lowest BCUT2D eigenvalue weighted by Gasteiger charge is -2.18. The van der Waals surface area contributed by atoms with Gasteiger partial charge >= 0.3 is 0 Å². The predicted molar refractivity (Wildman–Crippen MR) is 82.3 cm³/mol. The van der Waals surface area contributed by atoms with Crippen LogP contribution in [0.1, 0.15) is 22.3 Å². The summed E-state index contributed by atoms with van der Waals surface area (Å²) in [5, 5.41) is 0. The van der Waals surface area contributed by atoms with Crippen molar-refractivity contribution in [1.82, 2.24) is 4.90 Å². The number of hydrogen-bond acceptors (Lipinski definition) is 2. The number of amides is 1. The summed E-state index contributed by atoms with van der Waals surface area (Å²) in [6.07, 6.45) is 0.556. The molecule has 0 heterocycles. The highest BCUT2D eigenvalue weighted by atomic mass is 127. The molecule has 0 aliphatic carbocycles. The van der Waals surface area contributed by atoms with Gasteiger partial charge in [0.2, 0.25) is 0 Å². The fourth-order valence-corrected chi connectivity index (χ4v) is 2.08. The van der Waals surface area contributed by atoms with Crippen LogP contribution in [-0.2, 0) is 0 Å². The highest BCUT2D eigenvalue weighted by Gasteiger charge is 2.15. The van der Waals surface area contributed by atoms with Crippen molar-refractivity contribution in [1.29, 1.82) is 0 Å². The van der Waals surface area contributed by atoms with Crippen molar-refractivity contribution < 1.29 is 4.79 Å². The number of benzene rings is 1. The molecule has 0 aliphatic rings. The molecule has 0 saturated carbocycles. The molecular formula is C12H15IN2OS. The molecule has 0 fully saturated rings. The van der Waals surface area contributed by atoms with Gasteiger partial charge in [0, 0.05) is 23.6 Å². The van der Waals surface area contributed by atoms with Gasteiger partial charge in [-0.2, -0.15) is 0 Å². The number of aryl methyl sites for hydroxylation is 1. The third-order valence-electron chi connectivity index (χ3n) is 2.46. The molecule has 0 saturated heterocycles. The van der Waals surface area contributed by atoms with Crippen LogP contribution in [0.4, 0.5) is 0 Å². The summed E-state index contributed by atoms with van der Waals surface area (Å²) in [5.41, 5.74) is 7.27. The largest absolute Gasteiger partial charge is 0.393 e. The molecule has 2 N–H and O–H groups in total. The summed E-state index contributed by atoms with van der Waals surface area (Å²) in [6, 6.07) is 5.73. The molecule has 17 heavy (non-hydrogen) atoms. The van der Waals surface area contributed by atoms with Crippen LogP contribution in [-0.4, -0.2) is 29.4 Å². The summed E-state index contributed by atoms with van der Waals surface area (Å²) in [4.78, 5) is 14.3. The maximum absolute atomic E-state index is 12.2. The Labute approximate surface area is 121 Å². The minimum absolute atomic E-state index is 0.00866. The van der Waals surface area contributed by atoms with Gasteiger partial charge in [-0.05, 0) is 41.1 Å².